The van der Waals surface area contributed by atoms with Gasteiger partial charge >= 0.3 is 0 Å². The van der Waals surface area contributed by atoms with Crippen LogP contribution in [0.25, 0.3) is 11.4 Å². The molecule has 0 radical (unpaired) electrons. The molecule has 2 nitrogen and oxygen atoms in total. The highest BCUT2D eigenvalue weighted by Gasteiger charge is 2.52. The highest BCUT2D eigenvalue weighted by atomic mass is 15.1. The summed E-state index contributed by atoms with van der Waals surface area (Å²) in [5.74, 6) is 4.21. The van der Waals surface area contributed by atoms with Crippen molar-refractivity contribution in [3.8, 4) is 11.4 Å². The minimum absolute atomic E-state index is 0.432. The van der Waals surface area contributed by atoms with Gasteiger partial charge in [-0.15, -0.1) is 0 Å². The Morgan fingerprint density at radius 3 is 2.36 bits per heavy atom. The van der Waals surface area contributed by atoms with Crippen molar-refractivity contribution in [2.45, 2.75) is 50.5 Å². The third-order valence-electron chi connectivity index (χ3n) is 6.96. The van der Waals surface area contributed by atoms with Crippen LogP contribution in [-0.4, -0.2) is 9.55 Å². The van der Waals surface area contributed by atoms with Gasteiger partial charge in [0.1, 0.15) is 5.82 Å². The maximum absolute atomic E-state index is 5.19. The van der Waals surface area contributed by atoms with Crippen LogP contribution in [0.4, 0.5) is 0 Å². The first kappa shape index (κ1) is 11.9. The molecule has 0 amide bonds. The van der Waals surface area contributed by atoms with Crippen molar-refractivity contribution in [1.29, 1.82) is 0 Å². The Kier molecular flexibility index (Phi) is 2.08. The molecule has 0 unspecified atom stereocenters. The van der Waals surface area contributed by atoms with Crippen molar-refractivity contribution < 1.29 is 0 Å². The molecule has 22 heavy (non-hydrogen) atoms. The smallest absolute Gasteiger partial charge is 0.140 e. The summed E-state index contributed by atoms with van der Waals surface area (Å²) in [6, 6.07) is 8.78. The van der Waals surface area contributed by atoms with E-state index in [4.69, 9.17) is 4.98 Å². The van der Waals surface area contributed by atoms with E-state index >= 15 is 0 Å². The Morgan fingerprint density at radius 2 is 1.64 bits per heavy atom. The lowest BCUT2D eigenvalue weighted by atomic mass is 9.49. The van der Waals surface area contributed by atoms with E-state index in [1.165, 1.54) is 61.2 Å². The molecule has 4 aliphatic carbocycles. The summed E-state index contributed by atoms with van der Waals surface area (Å²) < 4.78 is 2.40. The van der Waals surface area contributed by atoms with Gasteiger partial charge in [0.05, 0.1) is 5.69 Å². The molecule has 2 heterocycles. The van der Waals surface area contributed by atoms with Crippen LogP contribution in [0.1, 0.15) is 49.8 Å². The molecular formula is C20H22N2. The molecule has 0 saturated heterocycles. The van der Waals surface area contributed by atoms with Crippen LogP contribution >= 0.6 is 0 Å². The van der Waals surface area contributed by atoms with Crippen LogP contribution in [0.3, 0.4) is 0 Å². The Labute approximate surface area is 131 Å². The zero-order valence-electron chi connectivity index (χ0n) is 13.0. The number of nitrogens with zero attached hydrogens (tertiary/aromatic N) is 2. The quantitative estimate of drug-likeness (QED) is 0.650. The molecule has 2 aromatic rings. The summed E-state index contributed by atoms with van der Waals surface area (Å²) in [5, 5.41) is 0. The van der Waals surface area contributed by atoms with Gasteiger partial charge in [0.2, 0.25) is 0 Å². The average Bonchev–Trinajstić information content (AvgIpc) is 3.03. The number of aromatic nitrogens is 2. The molecule has 4 saturated carbocycles. The van der Waals surface area contributed by atoms with Crippen LogP contribution in [0.15, 0.2) is 30.5 Å². The third kappa shape index (κ3) is 1.44. The fourth-order valence-electron chi connectivity index (χ4n) is 6.49. The Morgan fingerprint density at radius 1 is 0.955 bits per heavy atom. The Bertz CT molecular complexity index is 734. The number of benzene rings is 1. The summed E-state index contributed by atoms with van der Waals surface area (Å²) in [7, 11) is 0. The lowest BCUT2D eigenvalue weighted by molar-refractivity contribution is -0.00704. The second-order valence-electron chi connectivity index (χ2n) is 8.43. The molecule has 1 aromatic carbocycles. The van der Waals surface area contributed by atoms with E-state index in [0.717, 1.165) is 24.3 Å². The molecule has 112 valence electrons. The van der Waals surface area contributed by atoms with Gasteiger partial charge in [0.15, 0.2) is 0 Å². The average molecular weight is 290 g/mol. The highest BCUT2D eigenvalue weighted by molar-refractivity contribution is 5.65. The number of hydrogen-bond acceptors (Lipinski definition) is 1. The zero-order chi connectivity index (χ0) is 14.3. The maximum atomic E-state index is 5.19. The van der Waals surface area contributed by atoms with Crippen molar-refractivity contribution >= 4 is 0 Å². The van der Waals surface area contributed by atoms with Gasteiger partial charge in [-0.3, -0.25) is 0 Å². The molecular weight excluding hydrogens is 268 g/mol. The lowest BCUT2D eigenvalue weighted by Crippen LogP contribution is -2.48. The second-order valence-corrected chi connectivity index (χ2v) is 8.43. The van der Waals surface area contributed by atoms with Gasteiger partial charge in [-0.1, -0.05) is 24.3 Å². The number of imidazole rings is 1. The number of hydrogen-bond donors (Lipinski definition) is 0. The van der Waals surface area contributed by atoms with Gasteiger partial charge in [0.25, 0.3) is 0 Å². The Hall–Kier alpha value is -1.57. The van der Waals surface area contributed by atoms with Crippen molar-refractivity contribution in [1.82, 2.24) is 9.55 Å². The van der Waals surface area contributed by atoms with Crippen molar-refractivity contribution in [2.24, 2.45) is 17.8 Å². The molecule has 7 rings (SSSR count). The largest absolute Gasteiger partial charge is 0.326 e. The molecule has 4 bridgehead atoms. The monoisotopic (exact) mass is 290 g/mol. The fourth-order valence-corrected chi connectivity index (χ4v) is 6.49. The second kappa shape index (κ2) is 3.84. The predicted molar refractivity (Wildman–Crippen MR) is 86.6 cm³/mol. The maximum Gasteiger partial charge on any atom is 0.140 e. The summed E-state index contributed by atoms with van der Waals surface area (Å²) >= 11 is 0. The standard InChI is InChI=1S/C20H22N2/c1-2-4-17-16(3-1)11-22-12-18(21-19(17)22)20-8-13-5-14(9-20)7-15(6-13)10-20/h1-4,12-15H,5-11H2. The van der Waals surface area contributed by atoms with E-state index in [1.807, 2.05) is 0 Å². The lowest BCUT2D eigenvalue weighted by Gasteiger charge is -2.56. The van der Waals surface area contributed by atoms with Gasteiger partial charge < -0.3 is 4.57 Å². The molecule has 2 heteroatoms. The molecule has 1 aliphatic heterocycles. The summed E-state index contributed by atoms with van der Waals surface area (Å²) in [4.78, 5) is 5.19. The fraction of sp³-hybridized carbons (Fsp3) is 0.550. The van der Waals surface area contributed by atoms with E-state index in [1.54, 1.807) is 0 Å². The van der Waals surface area contributed by atoms with E-state index in [-0.39, 0.29) is 0 Å². The third-order valence-corrected chi connectivity index (χ3v) is 6.96. The van der Waals surface area contributed by atoms with Crippen LogP contribution in [0.2, 0.25) is 0 Å². The van der Waals surface area contributed by atoms with Crippen molar-refractivity contribution in [3.63, 3.8) is 0 Å². The van der Waals surface area contributed by atoms with Gasteiger partial charge in [-0.25, -0.2) is 4.98 Å². The summed E-state index contributed by atoms with van der Waals surface area (Å²) in [6.45, 7) is 1.02. The van der Waals surface area contributed by atoms with Crippen molar-refractivity contribution in [2.75, 3.05) is 0 Å². The van der Waals surface area contributed by atoms with Gasteiger partial charge in [-0.05, 0) is 61.8 Å². The van der Waals surface area contributed by atoms with Crippen LogP contribution in [0, 0.1) is 17.8 Å². The van der Waals surface area contributed by atoms with E-state index in [2.05, 4.69) is 35.0 Å². The molecule has 0 atom stereocenters. The highest BCUT2D eigenvalue weighted by Crippen LogP contribution is 2.60. The number of rotatable bonds is 1. The first-order chi connectivity index (χ1) is 10.8. The van der Waals surface area contributed by atoms with Crippen molar-refractivity contribution in [3.05, 3.63) is 41.7 Å². The summed E-state index contributed by atoms with van der Waals surface area (Å²) in [5.41, 5.74) is 4.65. The molecule has 0 N–H and O–H groups in total. The minimum atomic E-state index is 0.432. The van der Waals surface area contributed by atoms with Gasteiger partial charge in [-0.2, -0.15) is 0 Å². The first-order valence-electron chi connectivity index (χ1n) is 8.95. The van der Waals surface area contributed by atoms with E-state index < -0.39 is 0 Å². The normalized spacial score (nSPS) is 37.4. The molecule has 0 spiro atoms. The zero-order valence-corrected chi connectivity index (χ0v) is 13.0. The van der Waals surface area contributed by atoms with Crippen LogP contribution in [0.5, 0.6) is 0 Å². The molecule has 1 aromatic heterocycles. The SMILES string of the molecule is c1ccc2c(c1)Cn1cc(C34CC5CC(CC(C5)C3)C4)nc1-2. The number of fused-ring (bicyclic) bond motifs is 3. The molecule has 5 aliphatic rings. The first-order valence-corrected chi connectivity index (χ1v) is 8.95. The van der Waals surface area contributed by atoms with E-state index in [9.17, 15) is 0 Å². The molecule has 4 fully saturated rings. The minimum Gasteiger partial charge on any atom is -0.326 e. The van der Waals surface area contributed by atoms with Crippen LogP contribution in [-0.2, 0) is 12.0 Å². The topological polar surface area (TPSA) is 17.8 Å². The van der Waals surface area contributed by atoms with Gasteiger partial charge in [0, 0.05) is 23.7 Å². The predicted octanol–water partition coefficient (Wildman–Crippen LogP) is 4.38. The summed E-state index contributed by atoms with van der Waals surface area (Å²) in [6.07, 6.45) is 11.2. The Balaban J connectivity index is 1.46. The van der Waals surface area contributed by atoms with Crippen LogP contribution < -0.4 is 0 Å². The van der Waals surface area contributed by atoms with E-state index in [0.29, 0.717) is 5.41 Å².